The molecule has 0 radical (unpaired) electrons. The summed E-state index contributed by atoms with van der Waals surface area (Å²) in [6, 6.07) is 8.60. The molecule has 0 spiro atoms. The Balaban J connectivity index is 2.51. The number of ketones is 1. The van der Waals surface area contributed by atoms with Crippen molar-refractivity contribution in [3.63, 3.8) is 0 Å². The van der Waals surface area contributed by atoms with Gasteiger partial charge in [0, 0.05) is 5.56 Å². The minimum Gasteiger partial charge on any atom is -0.507 e. The molecule has 0 saturated heterocycles. The second-order valence-corrected chi connectivity index (χ2v) is 8.11. The van der Waals surface area contributed by atoms with Gasteiger partial charge >= 0.3 is 11.9 Å². The highest BCUT2D eigenvalue weighted by Gasteiger charge is 2.26. The quantitative estimate of drug-likeness (QED) is 0.398. The van der Waals surface area contributed by atoms with E-state index >= 15 is 0 Å². The Morgan fingerprint density at radius 3 is 2.16 bits per heavy atom. The van der Waals surface area contributed by atoms with Crippen LogP contribution in [0.1, 0.15) is 34.0 Å². The van der Waals surface area contributed by atoms with Crippen molar-refractivity contribution in [1.82, 2.24) is 0 Å². The van der Waals surface area contributed by atoms with E-state index in [1.807, 2.05) is 0 Å². The Kier molecular flexibility index (Phi) is 6.13. The van der Waals surface area contributed by atoms with Crippen molar-refractivity contribution in [3.05, 3.63) is 87.5 Å². The number of carbonyl (C=O) groups is 3. The van der Waals surface area contributed by atoms with Gasteiger partial charge in [0.1, 0.15) is 16.9 Å². The van der Waals surface area contributed by atoms with Gasteiger partial charge in [0.05, 0.1) is 4.90 Å². The van der Waals surface area contributed by atoms with E-state index in [-0.39, 0.29) is 38.3 Å². The van der Waals surface area contributed by atoms with Gasteiger partial charge in [-0.25, -0.2) is 18.0 Å². The topological polar surface area (TPSA) is 146 Å². The van der Waals surface area contributed by atoms with Crippen LogP contribution in [0.3, 0.4) is 0 Å². The van der Waals surface area contributed by atoms with E-state index in [2.05, 4.69) is 0 Å². The van der Waals surface area contributed by atoms with E-state index in [1.165, 1.54) is 50.3 Å². The molecule has 9 heteroatoms. The van der Waals surface area contributed by atoms with E-state index in [0.717, 1.165) is 6.08 Å². The van der Waals surface area contributed by atoms with Crippen molar-refractivity contribution in [2.75, 3.05) is 0 Å². The highest BCUT2D eigenvalue weighted by molar-refractivity contribution is 7.72. The van der Waals surface area contributed by atoms with Gasteiger partial charge in [-0.05, 0) is 72.0 Å². The molecule has 2 aromatic rings. The second-order valence-electron chi connectivity index (χ2n) is 7.12. The fourth-order valence-electron chi connectivity index (χ4n) is 3.49. The SMILES string of the molecule is CC1=C/C(=C(/c2cc(C)c(O)c(C(=O)O)c2)c2ccccc2[SH](=O)=O)C=C(C(=O)O)C1=O. The standard InChI is InChI=1S/C23H18O8S/c1-11-7-13(9-16(20(11)24)22(26)27)19(15-5-3-4-6-18(15)32(30)31)14-8-12(2)21(25)17(10-14)23(28)29/h3-10,24,32H,1-2H3,(H,26,27)(H,28,29)/b19-14+. The number of aliphatic carboxylic acids is 1. The van der Waals surface area contributed by atoms with E-state index in [0.29, 0.717) is 0 Å². The van der Waals surface area contributed by atoms with Crippen molar-refractivity contribution < 1.29 is 38.1 Å². The first-order chi connectivity index (χ1) is 15.0. The molecule has 0 aliphatic heterocycles. The average Bonchev–Trinajstić information content (AvgIpc) is 2.72. The molecular weight excluding hydrogens is 436 g/mol. The third kappa shape index (κ3) is 4.10. The number of hydrogen-bond acceptors (Lipinski definition) is 6. The van der Waals surface area contributed by atoms with E-state index in [1.54, 1.807) is 6.07 Å². The lowest BCUT2D eigenvalue weighted by molar-refractivity contribution is -0.134. The number of carbonyl (C=O) groups excluding carboxylic acids is 1. The first-order valence-electron chi connectivity index (χ1n) is 9.26. The lowest BCUT2D eigenvalue weighted by Crippen LogP contribution is -2.17. The van der Waals surface area contributed by atoms with Crippen molar-refractivity contribution in [3.8, 4) is 5.75 Å². The first kappa shape index (κ1) is 22.7. The van der Waals surface area contributed by atoms with Gasteiger partial charge in [0.15, 0.2) is 16.5 Å². The minimum absolute atomic E-state index is 0.0687. The molecule has 0 atom stereocenters. The van der Waals surface area contributed by atoms with Crippen LogP contribution in [0.25, 0.3) is 5.57 Å². The van der Waals surface area contributed by atoms with Gasteiger partial charge in [-0.3, -0.25) is 4.79 Å². The van der Waals surface area contributed by atoms with E-state index in [9.17, 15) is 38.1 Å². The molecule has 1 aliphatic rings. The molecule has 8 nitrogen and oxygen atoms in total. The Labute approximate surface area is 184 Å². The maximum Gasteiger partial charge on any atom is 0.339 e. The van der Waals surface area contributed by atoms with Crippen molar-refractivity contribution in [1.29, 1.82) is 0 Å². The predicted molar refractivity (Wildman–Crippen MR) is 115 cm³/mol. The number of Topliss-reactive ketones (excluding diaryl/α,β-unsaturated/α-hetero) is 1. The molecule has 0 unspecified atom stereocenters. The minimum atomic E-state index is -3.06. The number of phenols is 1. The third-order valence-corrected chi connectivity index (χ3v) is 5.77. The number of hydrogen-bond donors (Lipinski definition) is 4. The lowest BCUT2D eigenvalue weighted by Gasteiger charge is -2.19. The summed E-state index contributed by atoms with van der Waals surface area (Å²) in [7, 11) is -3.06. The van der Waals surface area contributed by atoms with Crippen LogP contribution in [0.15, 0.2) is 70.2 Å². The van der Waals surface area contributed by atoms with Gasteiger partial charge in [0.25, 0.3) is 0 Å². The maximum atomic E-state index is 12.3. The van der Waals surface area contributed by atoms with Gasteiger partial charge in [0.2, 0.25) is 0 Å². The number of thiol groups is 1. The van der Waals surface area contributed by atoms with E-state index in [4.69, 9.17) is 0 Å². The summed E-state index contributed by atoms with van der Waals surface area (Å²) in [5.41, 5.74) is 0.275. The van der Waals surface area contributed by atoms with Crippen LogP contribution >= 0.6 is 0 Å². The zero-order chi connectivity index (χ0) is 23.7. The second kappa shape index (κ2) is 8.64. The number of carboxylic acids is 2. The van der Waals surface area contributed by atoms with Crippen LogP contribution in [0.2, 0.25) is 0 Å². The number of aryl methyl sites for hydroxylation is 1. The average molecular weight is 454 g/mol. The number of aromatic carboxylic acids is 1. The van der Waals surface area contributed by atoms with Crippen LogP contribution in [0.5, 0.6) is 5.75 Å². The van der Waals surface area contributed by atoms with Crippen molar-refractivity contribution in [2.24, 2.45) is 0 Å². The van der Waals surface area contributed by atoms with Crippen molar-refractivity contribution >= 4 is 34.0 Å². The van der Waals surface area contributed by atoms with Crippen LogP contribution in [0.4, 0.5) is 0 Å². The molecule has 32 heavy (non-hydrogen) atoms. The smallest absolute Gasteiger partial charge is 0.339 e. The molecule has 0 bridgehead atoms. The molecule has 0 fully saturated rings. The van der Waals surface area contributed by atoms with Crippen LogP contribution in [-0.4, -0.2) is 41.5 Å². The van der Waals surface area contributed by atoms with E-state index < -0.39 is 45.3 Å². The van der Waals surface area contributed by atoms with Gasteiger partial charge in [-0.1, -0.05) is 18.2 Å². The Bertz CT molecular complexity index is 1350. The number of carboxylic acid groups (broad SMARTS) is 2. The number of rotatable bonds is 5. The summed E-state index contributed by atoms with van der Waals surface area (Å²) in [5.74, 6) is -3.97. The molecule has 0 heterocycles. The van der Waals surface area contributed by atoms with Crippen LogP contribution in [-0.2, 0) is 20.3 Å². The largest absolute Gasteiger partial charge is 0.507 e. The monoisotopic (exact) mass is 454 g/mol. The van der Waals surface area contributed by atoms with Crippen LogP contribution < -0.4 is 0 Å². The number of benzene rings is 2. The lowest BCUT2D eigenvalue weighted by atomic mass is 9.85. The summed E-state index contributed by atoms with van der Waals surface area (Å²) < 4.78 is 23.9. The predicted octanol–water partition coefficient (Wildman–Crippen LogP) is 2.71. The molecule has 2 aromatic carbocycles. The summed E-state index contributed by atoms with van der Waals surface area (Å²) in [5, 5.41) is 29.1. The third-order valence-electron chi connectivity index (χ3n) is 4.98. The molecule has 0 saturated carbocycles. The normalized spacial score (nSPS) is 15.3. The highest BCUT2D eigenvalue weighted by Crippen LogP contribution is 2.37. The van der Waals surface area contributed by atoms with Gasteiger partial charge < -0.3 is 15.3 Å². The fraction of sp³-hybridized carbons (Fsp3) is 0.0870. The molecule has 0 aromatic heterocycles. The Hall–Kier alpha value is -3.98. The fourth-order valence-corrected chi connectivity index (χ4v) is 4.08. The molecule has 1 aliphatic carbocycles. The Morgan fingerprint density at radius 1 is 0.906 bits per heavy atom. The number of allylic oxidation sites excluding steroid dienone is 4. The maximum absolute atomic E-state index is 12.3. The van der Waals surface area contributed by atoms with Crippen molar-refractivity contribution in [2.45, 2.75) is 18.7 Å². The zero-order valence-electron chi connectivity index (χ0n) is 16.9. The molecule has 0 amide bonds. The summed E-state index contributed by atoms with van der Waals surface area (Å²) in [6.07, 6.45) is 2.55. The van der Waals surface area contributed by atoms with Crippen LogP contribution in [0, 0.1) is 6.92 Å². The van der Waals surface area contributed by atoms with Gasteiger partial charge in [-0.15, -0.1) is 0 Å². The first-order valence-corrected chi connectivity index (χ1v) is 10.4. The summed E-state index contributed by atoms with van der Waals surface area (Å²) in [4.78, 5) is 35.5. The number of aromatic hydroxyl groups is 1. The summed E-state index contributed by atoms with van der Waals surface area (Å²) in [6.45, 7) is 2.91. The molecule has 3 rings (SSSR count). The Morgan fingerprint density at radius 2 is 1.56 bits per heavy atom. The van der Waals surface area contributed by atoms with Gasteiger partial charge in [-0.2, -0.15) is 0 Å². The molecule has 164 valence electrons. The highest BCUT2D eigenvalue weighted by atomic mass is 32.2. The molecule has 3 N–H and O–H groups in total. The molecular formula is C23H18O8S. The summed E-state index contributed by atoms with van der Waals surface area (Å²) >= 11 is 0. The zero-order valence-corrected chi connectivity index (χ0v) is 17.8.